The van der Waals surface area contributed by atoms with Gasteiger partial charge in [-0.15, -0.1) is 0 Å². The molecule has 0 aliphatic carbocycles. The molecule has 1 atom stereocenters. The molecule has 2 heteroatoms. The summed E-state index contributed by atoms with van der Waals surface area (Å²) >= 11 is 0. The minimum atomic E-state index is -0.815. The molecule has 2 nitrogen and oxygen atoms in total. The van der Waals surface area contributed by atoms with Gasteiger partial charge in [-0.3, -0.25) is 4.79 Å². The number of benzene rings is 1. The number of hydrogen-bond acceptors (Lipinski definition) is 1. The van der Waals surface area contributed by atoms with Gasteiger partial charge in [0.2, 0.25) is 0 Å². The zero-order valence-corrected chi connectivity index (χ0v) is 7.47. The molecule has 0 heterocycles. The van der Waals surface area contributed by atoms with E-state index in [2.05, 4.69) is 0 Å². The summed E-state index contributed by atoms with van der Waals surface area (Å²) in [5.74, 6) is -1.34. The lowest BCUT2D eigenvalue weighted by molar-refractivity contribution is -0.137. The second kappa shape index (κ2) is 4.45. The molecular weight excluding hydrogens is 164 g/mol. The quantitative estimate of drug-likeness (QED) is 0.718. The molecule has 0 aromatic heterocycles. The summed E-state index contributed by atoms with van der Waals surface area (Å²) in [7, 11) is 0. The first kappa shape index (κ1) is 9.52. The SMILES string of the molecule is C/C=C/C(C(=O)O)c1ccccc1. The maximum Gasteiger partial charge on any atom is 0.314 e. The summed E-state index contributed by atoms with van der Waals surface area (Å²) in [4.78, 5) is 10.8. The van der Waals surface area contributed by atoms with Crippen molar-refractivity contribution in [3.8, 4) is 0 Å². The third kappa shape index (κ3) is 2.44. The fourth-order valence-corrected chi connectivity index (χ4v) is 1.19. The molecule has 0 saturated heterocycles. The number of carboxylic acids is 1. The Morgan fingerprint density at radius 3 is 2.46 bits per heavy atom. The summed E-state index contributed by atoms with van der Waals surface area (Å²) in [5, 5.41) is 8.91. The van der Waals surface area contributed by atoms with E-state index < -0.39 is 11.9 Å². The van der Waals surface area contributed by atoms with Gasteiger partial charge in [-0.2, -0.15) is 0 Å². The average Bonchev–Trinajstić information content (AvgIpc) is 2.15. The minimum Gasteiger partial charge on any atom is -0.481 e. The van der Waals surface area contributed by atoms with Crippen LogP contribution in [0.15, 0.2) is 42.5 Å². The molecule has 0 aliphatic rings. The second-order valence-electron chi connectivity index (χ2n) is 2.75. The Bertz CT molecular complexity index is 301. The number of rotatable bonds is 3. The van der Waals surface area contributed by atoms with Crippen LogP contribution in [0, 0.1) is 0 Å². The minimum absolute atomic E-state index is 0.522. The van der Waals surface area contributed by atoms with Gasteiger partial charge in [0.05, 0.1) is 5.92 Å². The highest BCUT2D eigenvalue weighted by atomic mass is 16.4. The van der Waals surface area contributed by atoms with Gasteiger partial charge in [0.1, 0.15) is 0 Å². The van der Waals surface area contributed by atoms with Gasteiger partial charge in [0.25, 0.3) is 0 Å². The van der Waals surface area contributed by atoms with Gasteiger partial charge in [-0.1, -0.05) is 42.5 Å². The van der Waals surface area contributed by atoms with Crippen LogP contribution in [0.2, 0.25) is 0 Å². The lowest BCUT2D eigenvalue weighted by Crippen LogP contribution is -2.08. The van der Waals surface area contributed by atoms with Crippen molar-refractivity contribution in [1.29, 1.82) is 0 Å². The smallest absolute Gasteiger partial charge is 0.314 e. The van der Waals surface area contributed by atoms with Crippen LogP contribution in [0.5, 0.6) is 0 Å². The predicted octanol–water partition coefficient (Wildman–Crippen LogP) is 2.43. The second-order valence-corrected chi connectivity index (χ2v) is 2.75. The predicted molar refractivity (Wildman–Crippen MR) is 51.6 cm³/mol. The largest absolute Gasteiger partial charge is 0.481 e. The first-order valence-electron chi connectivity index (χ1n) is 4.16. The van der Waals surface area contributed by atoms with Crippen molar-refractivity contribution >= 4 is 5.97 Å². The fourth-order valence-electron chi connectivity index (χ4n) is 1.19. The third-order valence-corrected chi connectivity index (χ3v) is 1.81. The van der Waals surface area contributed by atoms with Crippen molar-refractivity contribution in [2.75, 3.05) is 0 Å². The molecule has 13 heavy (non-hydrogen) atoms. The van der Waals surface area contributed by atoms with E-state index in [0.717, 1.165) is 5.56 Å². The number of aliphatic carboxylic acids is 1. The van der Waals surface area contributed by atoms with Crippen molar-refractivity contribution < 1.29 is 9.90 Å². The lowest BCUT2D eigenvalue weighted by Gasteiger charge is -2.06. The lowest BCUT2D eigenvalue weighted by atomic mass is 9.99. The molecule has 0 spiro atoms. The van der Waals surface area contributed by atoms with Crippen LogP contribution in [0.25, 0.3) is 0 Å². The Hall–Kier alpha value is -1.57. The van der Waals surface area contributed by atoms with E-state index in [1.807, 2.05) is 37.3 Å². The summed E-state index contributed by atoms with van der Waals surface area (Å²) in [6, 6.07) is 9.19. The Morgan fingerprint density at radius 1 is 1.38 bits per heavy atom. The number of carboxylic acid groups (broad SMARTS) is 1. The molecule has 0 bridgehead atoms. The highest BCUT2D eigenvalue weighted by Gasteiger charge is 2.14. The zero-order valence-electron chi connectivity index (χ0n) is 7.47. The van der Waals surface area contributed by atoms with Gasteiger partial charge in [0, 0.05) is 0 Å². The topological polar surface area (TPSA) is 37.3 Å². The van der Waals surface area contributed by atoms with E-state index in [0.29, 0.717) is 0 Å². The van der Waals surface area contributed by atoms with Gasteiger partial charge in [-0.05, 0) is 12.5 Å². The fraction of sp³-hybridized carbons (Fsp3) is 0.182. The molecule has 1 unspecified atom stereocenters. The third-order valence-electron chi connectivity index (χ3n) is 1.81. The molecule has 0 radical (unpaired) electrons. The summed E-state index contributed by atoms with van der Waals surface area (Å²) < 4.78 is 0. The molecule has 1 aromatic rings. The van der Waals surface area contributed by atoms with Crippen molar-refractivity contribution in [3.05, 3.63) is 48.0 Å². The molecule has 1 aromatic carbocycles. The van der Waals surface area contributed by atoms with Crippen LogP contribution in [-0.2, 0) is 4.79 Å². The molecule has 0 saturated carbocycles. The summed E-state index contributed by atoms with van der Waals surface area (Å²) in [6.45, 7) is 1.82. The van der Waals surface area contributed by atoms with Gasteiger partial charge >= 0.3 is 5.97 Å². The monoisotopic (exact) mass is 176 g/mol. The highest BCUT2D eigenvalue weighted by molar-refractivity contribution is 5.78. The average molecular weight is 176 g/mol. The number of hydrogen-bond donors (Lipinski definition) is 1. The van der Waals surface area contributed by atoms with E-state index in [1.54, 1.807) is 12.2 Å². The zero-order chi connectivity index (χ0) is 9.68. The van der Waals surface area contributed by atoms with Crippen LogP contribution in [0.4, 0.5) is 0 Å². The normalized spacial score (nSPS) is 13.0. The van der Waals surface area contributed by atoms with Crippen LogP contribution in [0.1, 0.15) is 18.4 Å². The first-order valence-corrected chi connectivity index (χ1v) is 4.16. The number of allylic oxidation sites excluding steroid dienone is 1. The molecular formula is C11H12O2. The summed E-state index contributed by atoms with van der Waals surface area (Å²) in [5.41, 5.74) is 0.813. The standard InChI is InChI=1S/C11H12O2/c1-2-6-10(11(12)13)9-7-4-3-5-8-9/h2-8,10H,1H3,(H,12,13)/b6-2+. The van der Waals surface area contributed by atoms with E-state index in [4.69, 9.17) is 5.11 Å². The van der Waals surface area contributed by atoms with E-state index in [9.17, 15) is 4.79 Å². The highest BCUT2D eigenvalue weighted by Crippen LogP contribution is 2.16. The number of carbonyl (C=O) groups is 1. The first-order chi connectivity index (χ1) is 6.25. The van der Waals surface area contributed by atoms with Gasteiger partial charge in [0.15, 0.2) is 0 Å². The molecule has 0 fully saturated rings. The van der Waals surface area contributed by atoms with Crippen molar-refractivity contribution in [3.63, 3.8) is 0 Å². The van der Waals surface area contributed by atoms with Gasteiger partial charge in [-0.25, -0.2) is 0 Å². The van der Waals surface area contributed by atoms with E-state index >= 15 is 0 Å². The van der Waals surface area contributed by atoms with Crippen LogP contribution in [-0.4, -0.2) is 11.1 Å². The van der Waals surface area contributed by atoms with E-state index in [-0.39, 0.29) is 0 Å². The Labute approximate surface area is 77.5 Å². The maximum absolute atomic E-state index is 10.8. The molecule has 68 valence electrons. The maximum atomic E-state index is 10.8. The van der Waals surface area contributed by atoms with Crippen molar-refractivity contribution in [2.45, 2.75) is 12.8 Å². The Kier molecular flexibility index (Phi) is 3.26. The molecule has 0 amide bonds. The van der Waals surface area contributed by atoms with Crippen LogP contribution < -0.4 is 0 Å². The van der Waals surface area contributed by atoms with Crippen molar-refractivity contribution in [1.82, 2.24) is 0 Å². The molecule has 1 N–H and O–H groups in total. The Balaban J connectivity index is 2.96. The Morgan fingerprint density at radius 2 is 2.00 bits per heavy atom. The van der Waals surface area contributed by atoms with E-state index in [1.165, 1.54) is 0 Å². The summed E-state index contributed by atoms with van der Waals surface area (Å²) in [6.07, 6.45) is 3.43. The molecule has 0 aliphatic heterocycles. The van der Waals surface area contributed by atoms with Crippen LogP contribution >= 0.6 is 0 Å². The van der Waals surface area contributed by atoms with Gasteiger partial charge < -0.3 is 5.11 Å². The molecule has 1 rings (SSSR count). The van der Waals surface area contributed by atoms with Crippen molar-refractivity contribution in [2.24, 2.45) is 0 Å². The van der Waals surface area contributed by atoms with Crippen LogP contribution in [0.3, 0.4) is 0 Å².